The number of para-hydroxylation sites is 1. The van der Waals surface area contributed by atoms with Gasteiger partial charge in [-0.1, -0.05) is 36.4 Å². The van der Waals surface area contributed by atoms with E-state index in [0.717, 1.165) is 11.1 Å². The molecule has 0 aliphatic heterocycles. The Labute approximate surface area is 215 Å². The lowest BCUT2D eigenvalue weighted by molar-refractivity contribution is -0.385. The third-order valence-electron chi connectivity index (χ3n) is 5.44. The number of nitrogens with one attached hydrogen (secondary N) is 1. The second-order valence-corrected chi connectivity index (χ2v) is 7.99. The molecule has 37 heavy (non-hydrogen) atoms. The van der Waals surface area contributed by atoms with E-state index in [4.69, 9.17) is 19.3 Å². The fourth-order valence-electron chi connectivity index (χ4n) is 3.76. The zero-order valence-corrected chi connectivity index (χ0v) is 20.7. The van der Waals surface area contributed by atoms with Gasteiger partial charge in [-0.05, 0) is 37.6 Å². The molecule has 2 heterocycles. The van der Waals surface area contributed by atoms with Gasteiger partial charge in [-0.15, -0.1) is 0 Å². The van der Waals surface area contributed by atoms with E-state index in [0.29, 0.717) is 37.0 Å². The third-order valence-corrected chi connectivity index (χ3v) is 5.44. The van der Waals surface area contributed by atoms with Crippen LogP contribution in [0.5, 0.6) is 5.75 Å². The van der Waals surface area contributed by atoms with Crippen LogP contribution in [0.1, 0.15) is 19.4 Å². The molecule has 0 aliphatic carbocycles. The number of nitro groups is 1. The SMILES string of the molecule is CCOC(Cn1nc(-c2cccnc2)cc1Nc1cccc([N+](=O)[O-])c1OCc1ccccc1)OCC. The highest BCUT2D eigenvalue weighted by Gasteiger charge is 2.22. The normalized spacial score (nSPS) is 11.0. The number of pyridine rings is 1. The molecule has 192 valence electrons. The van der Waals surface area contributed by atoms with Gasteiger partial charge in [0, 0.05) is 43.3 Å². The lowest BCUT2D eigenvalue weighted by atomic mass is 10.2. The van der Waals surface area contributed by atoms with Crippen LogP contribution in [0.15, 0.2) is 79.1 Å². The number of ether oxygens (including phenoxy) is 3. The molecule has 0 bridgehead atoms. The number of nitro benzene ring substituents is 1. The summed E-state index contributed by atoms with van der Waals surface area (Å²) in [5.41, 5.74) is 2.70. The number of nitrogens with zero attached hydrogens (tertiary/aromatic N) is 4. The summed E-state index contributed by atoms with van der Waals surface area (Å²) in [5.74, 6) is 0.728. The first-order valence-electron chi connectivity index (χ1n) is 12.0. The lowest BCUT2D eigenvalue weighted by Gasteiger charge is -2.19. The second-order valence-electron chi connectivity index (χ2n) is 7.99. The summed E-state index contributed by atoms with van der Waals surface area (Å²) in [6.07, 6.45) is 2.90. The molecule has 4 aromatic rings. The van der Waals surface area contributed by atoms with Crippen LogP contribution >= 0.6 is 0 Å². The molecule has 10 heteroatoms. The van der Waals surface area contributed by atoms with Crippen molar-refractivity contribution in [2.75, 3.05) is 18.5 Å². The van der Waals surface area contributed by atoms with E-state index < -0.39 is 11.2 Å². The second kappa shape index (κ2) is 12.6. The zero-order chi connectivity index (χ0) is 26.0. The van der Waals surface area contributed by atoms with Crippen LogP contribution in [0, 0.1) is 10.1 Å². The molecule has 0 atom stereocenters. The summed E-state index contributed by atoms with van der Waals surface area (Å²) in [6, 6.07) is 19.9. The van der Waals surface area contributed by atoms with E-state index >= 15 is 0 Å². The fourth-order valence-corrected chi connectivity index (χ4v) is 3.76. The minimum atomic E-state index is -0.517. The van der Waals surface area contributed by atoms with Gasteiger partial charge in [0.05, 0.1) is 22.8 Å². The maximum Gasteiger partial charge on any atom is 0.313 e. The Kier molecular flexibility index (Phi) is 8.79. The Morgan fingerprint density at radius 2 is 1.81 bits per heavy atom. The molecule has 0 saturated carbocycles. The van der Waals surface area contributed by atoms with E-state index in [1.165, 1.54) is 6.07 Å². The van der Waals surface area contributed by atoms with Crippen molar-refractivity contribution in [1.82, 2.24) is 14.8 Å². The van der Waals surface area contributed by atoms with Crippen molar-refractivity contribution in [2.45, 2.75) is 33.3 Å². The van der Waals surface area contributed by atoms with Crippen LogP contribution in [-0.4, -0.2) is 39.2 Å². The predicted octanol–water partition coefficient (Wildman–Crippen LogP) is 5.58. The third kappa shape index (κ3) is 6.69. The molecule has 4 rings (SSSR count). The van der Waals surface area contributed by atoms with E-state index in [2.05, 4.69) is 10.3 Å². The molecule has 0 amide bonds. The molecule has 1 N–H and O–H groups in total. The molecule has 0 fully saturated rings. The van der Waals surface area contributed by atoms with Crippen LogP contribution in [0.25, 0.3) is 11.3 Å². The first-order chi connectivity index (χ1) is 18.1. The number of benzene rings is 2. The molecule has 2 aromatic heterocycles. The number of hydrogen-bond acceptors (Lipinski definition) is 8. The van der Waals surface area contributed by atoms with E-state index in [1.807, 2.05) is 62.4 Å². The van der Waals surface area contributed by atoms with E-state index in [1.54, 1.807) is 29.2 Å². The standard InChI is InChI=1S/C27H29N5O5/c1-3-35-26(36-4-2)18-31-25(16-23(30-31)21-12-9-15-28-17-21)29-22-13-8-14-24(32(33)34)27(22)37-19-20-10-6-5-7-11-20/h5-17,26,29H,3-4,18-19H2,1-2H3. The summed E-state index contributed by atoms with van der Waals surface area (Å²) in [6.45, 7) is 5.24. The molecule has 0 spiro atoms. The number of hydrogen-bond donors (Lipinski definition) is 1. The van der Waals surface area contributed by atoms with Gasteiger partial charge >= 0.3 is 5.69 Å². The molecule has 0 aliphatic rings. The molecular formula is C27H29N5O5. The summed E-state index contributed by atoms with van der Waals surface area (Å²) >= 11 is 0. The topological polar surface area (TPSA) is 114 Å². The van der Waals surface area contributed by atoms with Crippen LogP contribution in [0.3, 0.4) is 0 Å². The van der Waals surface area contributed by atoms with E-state index in [-0.39, 0.29) is 18.0 Å². The van der Waals surface area contributed by atoms with Crippen molar-refractivity contribution in [3.63, 3.8) is 0 Å². The Morgan fingerprint density at radius 1 is 1.03 bits per heavy atom. The summed E-state index contributed by atoms with van der Waals surface area (Å²) in [5, 5.41) is 19.9. The fraction of sp³-hybridized carbons (Fsp3) is 0.259. The van der Waals surface area contributed by atoms with Crippen molar-refractivity contribution in [3.05, 3.63) is 94.8 Å². The maximum absolute atomic E-state index is 11.8. The molecular weight excluding hydrogens is 474 g/mol. The summed E-state index contributed by atoms with van der Waals surface area (Å²) in [7, 11) is 0. The number of rotatable bonds is 13. The monoisotopic (exact) mass is 503 g/mol. The quantitative estimate of drug-likeness (QED) is 0.143. The van der Waals surface area contributed by atoms with Gasteiger partial charge in [0.1, 0.15) is 12.4 Å². The molecule has 0 unspecified atom stereocenters. The highest BCUT2D eigenvalue weighted by molar-refractivity contribution is 5.73. The average molecular weight is 504 g/mol. The Hall–Kier alpha value is -4.28. The Bertz CT molecular complexity index is 1290. The van der Waals surface area contributed by atoms with Crippen molar-refractivity contribution >= 4 is 17.2 Å². The van der Waals surface area contributed by atoms with Crippen molar-refractivity contribution in [1.29, 1.82) is 0 Å². The predicted molar refractivity (Wildman–Crippen MR) is 140 cm³/mol. The minimum Gasteiger partial charge on any atom is -0.480 e. The first-order valence-corrected chi connectivity index (χ1v) is 12.0. The Morgan fingerprint density at radius 3 is 2.49 bits per heavy atom. The average Bonchev–Trinajstić information content (AvgIpc) is 3.31. The van der Waals surface area contributed by atoms with Gasteiger partial charge in [-0.2, -0.15) is 5.10 Å². The van der Waals surface area contributed by atoms with Gasteiger partial charge in [-0.3, -0.25) is 15.1 Å². The minimum absolute atomic E-state index is 0.137. The highest BCUT2D eigenvalue weighted by Crippen LogP contribution is 2.38. The van der Waals surface area contributed by atoms with Crippen LogP contribution in [-0.2, 0) is 22.6 Å². The molecule has 0 radical (unpaired) electrons. The zero-order valence-electron chi connectivity index (χ0n) is 20.7. The van der Waals surface area contributed by atoms with Gasteiger partial charge in [0.15, 0.2) is 6.29 Å². The van der Waals surface area contributed by atoms with Crippen molar-refractivity contribution in [2.24, 2.45) is 0 Å². The van der Waals surface area contributed by atoms with Crippen LogP contribution in [0.4, 0.5) is 17.2 Å². The number of aromatic nitrogens is 3. The molecule has 0 saturated heterocycles. The van der Waals surface area contributed by atoms with Gasteiger partial charge in [0.25, 0.3) is 0 Å². The van der Waals surface area contributed by atoms with Gasteiger partial charge in [-0.25, -0.2) is 4.68 Å². The van der Waals surface area contributed by atoms with E-state index in [9.17, 15) is 10.1 Å². The molecule has 2 aromatic carbocycles. The smallest absolute Gasteiger partial charge is 0.313 e. The lowest BCUT2D eigenvalue weighted by Crippen LogP contribution is -2.25. The van der Waals surface area contributed by atoms with Gasteiger partial charge in [0.2, 0.25) is 5.75 Å². The number of anilines is 2. The highest BCUT2D eigenvalue weighted by atomic mass is 16.7. The first kappa shape index (κ1) is 25.8. The largest absolute Gasteiger partial charge is 0.480 e. The molecule has 10 nitrogen and oxygen atoms in total. The van der Waals surface area contributed by atoms with Crippen LogP contribution in [0.2, 0.25) is 0 Å². The maximum atomic E-state index is 11.8. The summed E-state index contributed by atoms with van der Waals surface area (Å²) < 4.78 is 19.2. The van der Waals surface area contributed by atoms with Gasteiger partial charge < -0.3 is 19.5 Å². The Balaban J connectivity index is 1.70. The van der Waals surface area contributed by atoms with Crippen LogP contribution < -0.4 is 10.1 Å². The summed E-state index contributed by atoms with van der Waals surface area (Å²) in [4.78, 5) is 15.6. The van der Waals surface area contributed by atoms with Crippen molar-refractivity contribution in [3.8, 4) is 17.0 Å². The van der Waals surface area contributed by atoms with Crippen molar-refractivity contribution < 1.29 is 19.1 Å².